The summed E-state index contributed by atoms with van der Waals surface area (Å²) in [5.41, 5.74) is 0.905. The van der Waals surface area contributed by atoms with E-state index in [1.165, 1.54) is 57.8 Å². The third kappa shape index (κ3) is 5.84. The van der Waals surface area contributed by atoms with E-state index in [0.29, 0.717) is 16.7 Å². The molecular formula is C35H59NO3. The van der Waals surface area contributed by atoms with Gasteiger partial charge in [-0.25, -0.2) is 4.79 Å². The van der Waals surface area contributed by atoms with Gasteiger partial charge in [-0.2, -0.15) is 0 Å². The molecule has 2 unspecified atom stereocenters. The summed E-state index contributed by atoms with van der Waals surface area (Å²) in [6.45, 7) is 14.4. The minimum atomic E-state index is -0.427. The van der Waals surface area contributed by atoms with Crippen LogP contribution in [0.1, 0.15) is 118 Å². The van der Waals surface area contributed by atoms with Gasteiger partial charge in [0.1, 0.15) is 12.2 Å². The summed E-state index contributed by atoms with van der Waals surface area (Å²) in [4.78, 5) is 15.0. The van der Waals surface area contributed by atoms with Crippen LogP contribution in [0.4, 0.5) is 4.79 Å². The Bertz CT molecular complexity index is 862. The van der Waals surface area contributed by atoms with Gasteiger partial charge in [0.15, 0.2) is 0 Å². The second-order valence-electron chi connectivity index (χ2n) is 15.3. The van der Waals surface area contributed by atoms with Crippen LogP contribution < -0.4 is 0 Å². The minimum absolute atomic E-state index is 0.00560. The average Bonchev–Trinajstić information content (AvgIpc) is 3.26. The van der Waals surface area contributed by atoms with Gasteiger partial charge in [-0.3, -0.25) is 0 Å². The summed E-state index contributed by atoms with van der Waals surface area (Å²) in [6, 6.07) is 0. The number of likely N-dealkylation sites (tertiary alicyclic amines) is 1. The number of carbonyl (C=O) groups excluding carboxylic acids is 1. The first-order valence-corrected chi connectivity index (χ1v) is 16.9. The van der Waals surface area contributed by atoms with Crippen molar-refractivity contribution in [2.75, 3.05) is 20.1 Å². The molecule has 1 saturated heterocycles. The molecular weight excluding hydrogens is 482 g/mol. The number of nitrogens with zero attached hydrogens (tertiary/aromatic N) is 1. The van der Waals surface area contributed by atoms with Gasteiger partial charge in [0, 0.05) is 13.1 Å². The van der Waals surface area contributed by atoms with Crippen molar-refractivity contribution in [3.8, 4) is 0 Å². The van der Waals surface area contributed by atoms with E-state index in [4.69, 9.17) is 9.47 Å². The number of piperidine rings is 1. The molecule has 1 heterocycles. The Balaban J connectivity index is 1.22. The molecule has 0 spiro atoms. The monoisotopic (exact) mass is 541 g/mol. The third-order valence-corrected chi connectivity index (χ3v) is 12.9. The zero-order valence-electron chi connectivity index (χ0n) is 26.1. The van der Waals surface area contributed by atoms with Crippen LogP contribution in [0.5, 0.6) is 0 Å². The van der Waals surface area contributed by atoms with Crippen molar-refractivity contribution in [1.82, 2.24) is 4.90 Å². The Kier molecular flexibility index (Phi) is 9.11. The van der Waals surface area contributed by atoms with E-state index in [-0.39, 0.29) is 12.2 Å². The van der Waals surface area contributed by atoms with Gasteiger partial charge in [0.05, 0.1) is 0 Å². The van der Waals surface area contributed by atoms with Gasteiger partial charge >= 0.3 is 6.16 Å². The van der Waals surface area contributed by atoms with Gasteiger partial charge in [-0.1, -0.05) is 66.0 Å². The van der Waals surface area contributed by atoms with Crippen LogP contribution >= 0.6 is 0 Å². The van der Waals surface area contributed by atoms with Crippen LogP contribution in [0.25, 0.3) is 0 Å². The van der Waals surface area contributed by atoms with E-state index < -0.39 is 6.16 Å². The Morgan fingerprint density at radius 2 is 1.67 bits per heavy atom. The maximum absolute atomic E-state index is 12.7. The summed E-state index contributed by atoms with van der Waals surface area (Å²) >= 11 is 0. The topological polar surface area (TPSA) is 38.8 Å². The number of hydrogen-bond acceptors (Lipinski definition) is 4. The van der Waals surface area contributed by atoms with Crippen molar-refractivity contribution in [2.24, 2.45) is 52.3 Å². The lowest BCUT2D eigenvalue weighted by Gasteiger charge is -2.60. The second kappa shape index (κ2) is 12.1. The highest BCUT2D eigenvalue weighted by atomic mass is 16.7. The minimum Gasteiger partial charge on any atom is -0.431 e. The Morgan fingerprint density at radius 3 is 2.38 bits per heavy atom. The first-order valence-electron chi connectivity index (χ1n) is 16.9. The highest BCUT2D eigenvalue weighted by Crippen LogP contribution is 2.67. The molecule has 222 valence electrons. The van der Waals surface area contributed by atoms with E-state index in [1.54, 1.807) is 0 Å². The molecule has 0 N–H and O–H groups in total. The fourth-order valence-electron chi connectivity index (χ4n) is 10.6. The molecule has 0 amide bonds. The van der Waals surface area contributed by atoms with Gasteiger partial charge in [0.2, 0.25) is 0 Å². The standard InChI is InChI=1S/C35H59NO3/c1-7-35-20-15-28(39-33(37)38-27-17-21-36(6)22-18-27)23-26(35)11-12-29-31-14-13-30(25(4)10-8-9-24(2)3)34(31,5)19-16-32(29)35/h11-12,24-32H,7-10,13-23H2,1-6H3/t25-,26?,28?,29+,30-,31+,32+,34-,35+/m0/s1. The van der Waals surface area contributed by atoms with Gasteiger partial charge < -0.3 is 14.4 Å². The summed E-state index contributed by atoms with van der Waals surface area (Å²) < 4.78 is 11.7. The number of ether oxygens (including phenoxy) is 2. The molecule has 0 aromatic rings. The maximum Gasteiger partial charge on any atom is 0.508 e. The van der Waals surface area contributed by atoms with Crippen molar-refractivity contribution in [2.45, 2.75) is 130 Å². The van der Waals surface area contributed by atoms with Gasteiger partial charge in [-0.05, 0) is 124 Å². The molecule has 4 aliphatic carbocycles. The van der Waals surface area contributed by atoms with E-state index in [0.717, 1.165) is 74.3 Å². The highest BCUT2D eigenvalue weighted by molar-refractivity contribution is 5.60. The molecule has 4 heteroatoms. The van der Waals surface area contributed by atoms with Crippen LogP contribution in [0, 0.1) is 52.3 Å². The summed E-state index contributed by atoms with van der Waals surface area (Å²) in [5.74, 6) is 5.53. The number of hydrogen-bond donors (Lipinski definition) is 0. The van der Waals surface area contributed by atoms with E-state index in [1.807, 2.05) is 0 Å². The summed E-state index contributed by atoms with van der Waals surface area (Å²) in [6.07, 6.45) is 21.0. The molecule has 0 aromatic heterocycles. The largest absolute Gasteiger partial charge is 0.508 e. The molecule has 4 nitrogen and oxygen atoms in total. The van der Waals surface area contributed by atoms with Crippen LogP contribution in [0.3, 0.4) is 0 Å². The van der Waals surface area contributed by atoms with Crippen molar-refractivity contribution < 1.29 is 14.3 Å². The van der Waals surface area contributed by atoms with E-state index in [2.05, 4.69) is 58.7 Å². The Morgan fingerprint density at radius 1 is 0.923 bits per heavy atom. The highest BCUT2D eigenvalue weighted by Gasteiger charge is 2.60. The number of carbonyl (C=O) groups is 1. The molecule has 0 aromatic carbocycles. The fraction of sp³-hybridized carbons (Fsp3) is 0.914. The molecule has 5 aliphatic rings. The van der Waals surface area contributed by atoms with Crippen LogP contribution in [-0.2, 0) is 9.47 Å². The maximum atomic E-state index is 12.7. The average molecular weight is 542 g/mol. The van der Waals surface area contributed by atoms with Gasteiger partial charge in [0.25, 0.3) is 0 Å². The number of fused-ring (bicyclic) bond motifs is 5. The van der Waals surface area contributed by atoms with Crippen LogP contribution in [-0.4, -0.2) is 43.4 Å². The zero-order chi connectivity index (χ0) is 27.8. The number of allylic oxidation sites excluding steroid dienone is 2. The van der Waals surface area contributed by atoms with Crippen LogP contribution in [0.15, 0.2) is 12.2 Å². The van der Waals surface area contributed by atoms with E-state index in [9.17, 15) is 4.79 Å². The first-order chi connectivity index (χ1) is 18.7. The van der Waals surface area contributed by atoms with Crippen molar-refractivity contribution in [1.29, 1.82) is 0 Å². The fourth-order valence-corrected chi connectivity index (χ4v) is 10.6. The SMILES string of the molecule is CC[C@@]12CCC(OC(=O)OC3CCN(C)CC3)CC1C=C[C@H]1[C@H]2CC[C@]2(C)[C@@H]1CC[C@H]2[C@@H](C)CCCC(C)C. The molecule has 1 aliphatic heterocycles. The summed E-state index contributed by atoms with van der Waals surface area (Å²) in [5, 5.41) is 0. The molecule has 3 saturated carbocycles. The normalized spacial score (nSPS) is 41.5. The lowest BCUT2D eigenvalue weighted by Crippen LogP contribution is -2.53. The number of rotatable bonds is 8. The zero-order valence-corrected chi connectivity index (χ0v) is 26.1. The molecule has 0 bridgehead atoms. The predicted molar refractivity (Wildman–Crippen MR) is 159 cm³/mol. The lowest BCUT2D eigenvalue weighted by atomic mass is 9.45. The van der Waals surface area contributed by atoms with Gasteiger partial charge in [-0.15, -0.1) is 0 Å². The van der Waals surface area contributed by atoms with Crippen molar-refractivity contribution in [3.05, 3.63) is 12.2 Å². The second-order valence-corrected chi connectivity index (χ2v) is 15.3. The summed E-state index contributed by atoms with van der Waals surface area (Å²) in [7, 11) is 2.13. The van der Waals surface area contributed by atoms with Crippen molar-refractivity contribution >= 4 is 6.16 Å². The Labute approximate surface area is 240 Å². The van der Waals surface area contributed by atoms with E-state index >= 15 is 0 Å². The third-order valence-electron chi connectivity index (χ3n) is 12.9. The smallest absolute Gasteiger partial charge is 0.431 e. The lowest BCUT2D eigenvalue weighted by molar-refractivity contribution is -0.101. The molecule has 39 heavy (non-hydrogen) atoms. The molecule has 0 radical (unpaired) electrons. The molecule has 5 rings (SSSR count). The Hall–Kier alpha value is -1.03. The predicted octanol–water partition coefficient (Wildman–Crippen LogP) is 8.89. The molecule has 9 atom stereocenters. The molecule has 4 fully saturated rings. The van der Waals surface area contributed by atoms with Crippen molar-refractivity contribution in [3.63, 3.8) is 0 Å². The first kappa shape index (κ1) is 29.5. The quantitative estimate of drug-likeness (QED) is 0.227. The van der Waals surface area contributed by atoms with Crippen LogP contribution in [0.2, 0.25) is 0 Å².